The van der Waals surface area contributed by atoms with E-state index in [-0.39, 0.29) is 5.52 Å². The first-order chi connectivity index (χ1) is 16.0. The maximum atomic E-state index is 14.6. The van der Waals surface area contributed by atoms with Crippen LogP contribution in [0, 0.1) is 33.6 Å². The fourth-order valence-electron chi connectivity index (χ4n) is 4.28. The molecule has 0 spiro atoms. The molecule has 2 aromatic heterocycles. The van der Waals surface area contributed by atoms with Gasteiger partial charge in [-0.25, -0.2) is 15.0 Å². The summed E-state index contributed by atoms with van der Waals surface area (Å²) in [5.74, 6) is 0.408. The molecule has 0 amide bonds. The Morgan fingerprint density at radius 2 is 1.21 bits per heavy atom. The van der Waals surface area contributed by atoms with Crippen molar-refractivity contribution < 1.29 is 4.39 Å². The second kappa shape index (κ2) is 8.13. The molecule has 5 rings (SSSR count). The van der Waals surface area contributed by atoms with Crippen molar-refractivity contribution in [2.45, 2.75) is 27.7 Å². The monoisotopic (exact) mass is 437 g/mol. The van der Waals surface area contributed by atoms with Gasteiger partial charge in [-0.15, -0.1) is 0 Å². The average molecular weight is 438 g/mol. The van der Waals surface area contributed by atoms with Crippen LogP contribution in [0.5, 0.6) is 0 Å². The van der Waals surface area contributed by atoms with E-state index < -0.39 is 5.95 Å². The van der Waals surface area contributed by atoms with Gasteiger partial charge in [-0.3, -0.25) is 4.57 Å². The standard InChI is InChI=1S/C27H24FN5/c1-17-11-5-7-13-21(17)33(22-14-8-6-12-18(22)2)24-16-10-9-15-23(24)32-20(4)31-25-26(28)29-19(3)30-27(25)32/h5-16H,1-4H3. The van der Waals surface area contributed by atoms with E-state index in [2.05, 4.69) is 64.0 Å². The Balaban J connectivity index is 1.84. The molecule has 0 aliphatic heterocycles. The van der Waals surface area contributed by atoms with Crippen molar-refractivity contribution in [2.75, 3.05) is 4.90 Å². The van der Waals surface area contributed by atoms with Crippen LogP contribution in [0.1, 0.15) is 22.8 Å². The molecule has 33 heavy (non-hydrogen) atoms. The van der Waals surface area contributed by atoms with Crippen LogP contribution in [0.15, 0.2) is 72.8 Å². The molecule has 3 aromatic carbocycles. The fourth-order valence-corrected chi connectivity index (χ4v) is 4.28. The van der Waals surface area contributed by atoms with Crippen molar-refractivity contribution in [3.63, 3.8) is 0 Å². The third kappa shape index (κ3) is 3.53. The van der Waals surface area contributed by atoms with Crippen LogP contribution in [-0.4, -0.2) is 19.5 Å². The van der Waals surface area contributed by atoms with Crippen LogP contribution >= 0.6 is 0 Å². The van der Waals surface area contributed by atoms with Gasteiger partial charge in [0.15, 0.2) is 11.2 Å². The van der Waals surface area contributed by atoms with Crippen molar-refractivity contribution in [2.24, 2.45) is 0 Å². The number of halogens is 1. The molecule has 0 radical (unpaired) electrons. The molecule has 0 aliphatic rings. The van der Waals surface area contributed by atoms with Gasteiger partial charge in [-0.05, 0) is 63.1 Å². The summed E-state index contributed by atoms with van der Waals surface area (Å²) in [5.41, 5.74) is 6.86. The Labute approximate surface area is 192 Å². The SMILES string of the molecule is Cc1nc(F)c2nc(C)n(-c3ccccc3N(c3ccccc3C)c3ccccc3C)c2n1. The number of fused-ring (bicyclic) bond motifs is 1. The molecule has 0 unspecified atom stereocenters. The fraction of sp³-hybridized carbons (Fsp3) is 0.148. The van der Waals surface area contributed by atoms with Crippen LogP contribution in [0.3, 0.4) is 0 Å². The number of benzene rings is 3. The van der Waals surface area contributed by atoms with Crippen molar-refractivity contribution in [1.82, 2.24) is 19.5 Å². The summed E-state index contributed by atoms with van der Waals surface area (Å²) < 4.78 is 16.5. The van der Waals surface area contributed by atoms with Gasteiger partial charge in [-0.2, -0.15) is 4.39 Å². The summed E-state index contributed by atoms with van der Waals surface area (Å²) in [7, 11) is 0. The maximum Gasteiger partial charge on any atom is 0.244 e. The molecule has 0 saturated carbocycles. The Bertz CT molecular complexity index is 1440. The van der Waals surface area contributed by atoms with Gasteiger partial charge < -0.3 is 4.90 Å². The molecular weight excluding hydrogens is 413 g/mol. The summed E-state index contributed by atoms with van der Waals surface area (Å²) in [4.78, 5) is 15.1. The molecule has 5 nitrogen and oxygen atoms in total. The maximum absolute atomic E-state index is 14.6. The predicted molar refractivity (Wildman–Crippen MR) is 130 cm³/mol. The number of aryl methyl sites for hydroxylation is 4. The van der Waals surface area contributed by atoms with Crippen molar-refractivity contribution >= 4 is 28.2 Å². The quantitative estimate of drug-likeness (QED) is 0.295. The second-order valence-corrected chi connectivity index (χ2v) is 8.13. The normalized spacial score (nSPS) is 11.2. The first-order valence-corrected chi connectivity index (χ1v) is 10.9. The van der Waals surface area contributed by atoms with Crippen molar-refractivity contribution in [3.8, 4) is 5.69 Å². The van der Waals surface area contributed by atoms with Crippen LogP contribution in [0.4, 0.5) is 21.5 Å². The lowest BCUT2D eigenvalue weighted by Gasteiger charge is -2.30. The topological polar surface area (TPSA) is 46.8 Å². The van der Waals surface area contributed by atoms with Crippen molar-refractivity contribution in [1.29, 1.82) is 0 Å². The Kier molecular flexibility index (Phi) is 5.13. The number of hydrogen-bond acceptors (Lipinski definition) is 4. The first kappa shape index (κ1) is 20.8. The molecule has 164 valence electrons. The zero-order valence-corrected chi connectivity index (χ0v) is 19.0. The Hall–Kier alpha value is -4.06. The lowest BCUT2D eigenvalue weighted by Crippen LogP contribution is -2.15. The molecule has 0 bridgehead atoms. The van der Waals surface area contributed by atoms with Gasteiger partial charge in [0.1, 0.15) is 11.6 Å². The van der Waals surface area contributed by atoms with Gasteiger partial charge in [0.05, 0.1) is 11.4 Å². The highest BCUT2D eigenvalue weighted by molar-refractivity contribution is 5.86. The minimum atomic E-state index is -0.605. The van der Waals surface area contributed by atoms with Crippen LogP contribution in [0.2, 0.25) is 0 Å². The van der Waals surface area contributed by atoms with E-state index in [0.29, 0.717) is 17.3 Å². The largest absolute Gasteiger partial charge is 0.308 e. The minimum absolute atomic E-state index is 0.172. The number of nitrogens with zero attached hydrogens (tertiary/aromatic N) is 5. The predicted octanol–water partition coefficient (Wildman–Crippen LogP) is 6.66. The van der Waals surface area contributed by atoms with Gasteiger partial charge in [-0.1, -0.05) is 48.5 Å². The summed E-state index contributed by atoms with van der Waals surface area (Å²) in [5, 5.41) is 0. The number of imidazole rings is 1. The molecule has 0 atom stereocenters. The van der Waals surface area contributed by atoms with Gasteiger partial charge >= 0.3 is 0 Å². The molecule has 0 fully saturated rings. The Morgan fingerprint density at radius 3 is 1.82 bits per heavy atom. The van der Waals surface area contributed by atoms with Crippen molar-refractivity contribution in [3.05, 3.63) is 102 Å². The van der Waals surface area contributed by atoms with Crippen LogP contribution < -0.4 is 4.90 Å². The number of aromatic nitrogens is 4. The highest BCUT2D eigenvalue weighted by atomic mass is 19.1. The second-order valence-electron chi connectivity index (χ2n) is 8.13. The van der Waals surface area contributed by atoms with E-state index in [1.54, 1.807) is 6.92 Å². The summed E-state index contributed by atoms with van der Waals surface area (Å²) in [6, 6.07) is 24.7. The zero-order valence-electron chi connectivity index (χ0n) is 19.0. The van der Waals surface area contributed by atoms with Gasteiger partial charge in [0, 0.05) is 11.4 Å². The number of hydrogen-bond donors (Lipinski definition) is 0. The van der Waals surface area contributed by atoms with E-state index in [9.17, 15) is 4.39 Å². The van der Waals surface area contributed by atoms with E-state index in [4.69, 9.17) is 0 Å². The number of rotatable bonds is 4. The molecule has 2 heterocycles. The first-order valence-electron chi connectivity index (χ1n) is 10.9. The third-order valence-electron chi connectivity index (χ3n) is 5.82. The van der Waals surface area contributed by atoms with Gasteiger partial charge in [0.2, 0.25) is 5.95 Å². The highest BCUT2D eigenvalue weighted by Crippen LogP contribution is 2.41. The van der Waals surface area contributed by atoms with E-state index in [1.807, 2.05) is 54.0 Å². The lowest BCUT2D eigenvalue weighted by molar-refractivity contribution is 0.586. The molecular formula is C27H24FN5. The minimum Gasteiger partial charge on any atom is -0.308 e. The lowest BCUT2D eigenvalue weighted by atomic mass is 10.1. The molecule has 0 N–H and O–H groups in total. The van der Waals surface area contributed by atoms with Gasteiger partial charge in [0.25, 0.3) is 0 Å². The zero-order chi connectivity index (χ0) is 23.1. The highest BCUT2D eigenvalue weighted by Gasteiger charge is 2.23. The third-order valence-corrected chi connectivity index (χ3v) is 5.82. The Morgan fingerprint density at radius 1 is 0.667 bits per heavy atom. The van der Waals surface area contributed by atoms with E-state index in [0.717, 1.165) is 33.9 Å². The van der Waals surface area contributed by atoms with Crippen LogP contribution in [-0.2, 0) is 0 Å². The van der Waals surface area contributed by atoms with E-state index >= 15 is 0 Å². The molecule has 0 aliphatic carbocycles. The smallest absolute Gasteiger partial charge is 0.244 e. The average Bonchev–Trinajstić information content (AvgIpc) is 3.13. The molecule has 5 aromatic rings. The number of anilines is 3. The summed E-state index contributed by atoms with van der Waals surface area (Å²) in [6.45, 7) is 7.76. The summed E-state index contributed by atoms with van der Waals surface area (Å²) in [6.07, 6.45) is 0. The molecule has 0 saturated heterocycles. The number of para-hydroxylation sites is 4. The molecule has 6 heteroatoms. The summed E-state index contributed by atoms with van der Waals surface area (Å²) >= 11 is 0. The van der Waals surface area contributed by atoms with Crippen LogP contribution in [0.25, 0.3) is 16.9 Å². The van der Waals surface area contributed by atoms with E-state index in [1.165, 1.54) is 0 Å².